The molecule has 0 aromatic heterocycles. The van der Waals surface area contributed by atoms with E-state index in [9.17, 15) is 4.79 Å². The van der Waals surface area contributed by atoms with Gasteiger partial charge in [0, 0.05) is 17.7 Å². The fourth-order valence-corrected chi connectivity index (χ4v) is 0.648. The normalized spacial score (nSPS) is 17.3. The Morgan fingerprint density at radius 1 is 1.56 bits per heavy atom. The molecule has 2 heteroatoms. The summed E-state index contributed by atoms with van der Waals surface area (Å²) in [7, 11) is 0. The number of hydrogen-bond acceptors (Lipinski definition) is 2. The number of carbonyl (C=O) groups excluding carboxylic acids is 1. The quantitative estimate of drug-likeness (QED) is 0.518. The van der Waals surface area contributed by atoms with Gasteiger partial charge >= 0.3 is 0 Å². The molecule has 0 saturated heterocycles. The minimum absolute atomic E-state index is 0.556. The van der Waals surface area contributed by atoms with Crippen LogP contribution in [-0.4, -0.2) is 12.0 Å². The Hall–Kier alpha value is -1.18. The van der Waals surface area contributed by atoms with E-state index in [4.69, 9.17) is 5.41 Å². The van der Waals surface area contributed by atoms with Gasteiger partial charge in [-0.1, -0.05) is 12.2 Å². The number of nitrogens with one attached hydrogen (secondary N) is 1. The van der Waals surface area contributed by atoms with Crippen molar-refractivity contribution in [3.05, 3.63) is 23.8 Å². The molecule has 0 aromatic rings. The molecule has 0 aromatic carbocycles. The summed E-state index contributed by atoms with van der Waals surface area (Å²) >= 11 is 0. The Kier molecular flexibility index (Phi) is 1.58. The molecule has 0 aliphatic heterocycles. The zero-order valence-corrected chi connectivity index (χ0v) is 4.92. The van der Waals surface area contributed by atoms with E-state index in [0.29, 0.717) is 17.7 Å². The average Bonchev–Trinajstić information content (AvgIpc) is 1.90. The molecule has 1 aliphatic rings. The Balaban J connectivity index is 2.73. The molecule has 1 N–H and O–H groups in total. The molecule has 0 atom stereocenters. The van der Waals surface area contributed by atoms with E-state index in [1.807, 2.05) is 0 Å². The molecule has 9 heavy (non-hydrogen) atoms. The van der Waals surface area contributed by atoms with Crippen LogP contribution in [0.1, 0.15) is 6.42 Å². The van der Waals surface area contributed by atoms with Crippen molar-refractivity contribution in [2.75, 3.05) is 0 Å². The number of rotatable bonds is 1. The lowest BCUT2D eigenvalue weighted by molar-refractivity contribution is -0.104. The van der Waals surface area contributed by atoms with E-state index < -0.39 is 0 Å². The van der Waals surface area contributed by atoms with Crippen LogP contribution in [0.3, 0.4) is 0 Å². The van der Waals surface area contributed by atoms with Crippen LogP contribution in [0.15, 0.2) is 23.8 Å². The van der Waals surface area contributed by atoms with Gasteiger partial charge < -0.3 is 5.41 Å². The van der Waals surface area contributed by atoms with Crippen LogP contribution in [0.4, 0.5) is 0 Å². The zero-order chi connectivity index (χ0) is 6.69. The van der Waals surface area contributed by atoms with Crippen LogP contribution in [0.5, 0.6) is 0 Å². The molecule has 0 fully saturated rings. The molecule has 0 saturated carbocycles. The Bertz CT molecular complexity index is 201. The fourth-order valence-electron chi connectivity index (χ4n) is 0.648. The van der Waals surface area contributed by atoms with Gasteiger partial charge in [0.2, 0.25) is 0 Å². The van der Waals surface area contributed by atoms with Gasteiger partial charge in [-0.05, 0) is 6.08 Å². The van der Waals surface area contributed by atoms with Crippen LogP contribution in [0, 0.1) is 5.41 Å². The summed E-state index contributed by atoms with van der Waals surface area (Å²) in [6, 6.07) is 0. The molecule has 0 unspecified atom stereocenters. The molecule has 1 aliphatic carbocycles. The first kappa shape index (κ1) is 5.95. The van der Waals surface area contributed by atoms with Crippen molar-refractivity contribution in [3.63, 3.8) is 0 Å². The van der Waals surface area contributed by atoms with E-state index in [0.717, 1.165) is 6.29 Å². The predicted octanol–water partition coefficient (Wildman–Crippen LogP) is 1.09. The van der Waals surface area contributed by atoms with Crippen LogP contribution in [0.25, 0.3) is 0 Å². The van der Waals surface area contributed by atoms with Crippen molar-refractivity contribution < 1.29 is 4.79 Å². The minimum Gasteiger partial charge on any atom is -0.305 e. The highest BCUT2D eigenvalue weighted by Gasteiger charge is 1.97. The van der Waals surface area contributed by atoms with Crippen molar-refractivity contribution in [2.45, 2.75) is 6.42 Å². The lowest BCUT2D eigenvalue weighted by atomic mass is 10.1. The van der Waals surface area contributed by atoms with Gasteiger partial charge in [-0.2, -0.15) is 0 Å². The van der Waals surface area contributed by atoms with Gasteiger partial charge in [0.05, 0.1) is 0 Å². The number of carbonyl (C=O) groups is 1. The molecule has 1 rings (SSSR count). The number of aldehydes is 1. The third-order valence-electron chi connectivity index (χ3n) is 1.17. The second-order valence-corrected chi connectivity index (χ2v) is 1.88. The highest BCUT2D eigenvalue weighted by molar-refractivity contribution is 5.97. The molecule has 2 nitrogen and oxygen atoms in total. The summed E-state index contributed by atoms with van der Waals surface area (Å²) in [6.07, 6.45) is 6.42. The smallest absolute Gasteiger partial charge is 0.149 e. The van der Waals surface area contributed by atoms with E-state index in [1.54, 1.807) is 18.2 Å². The van der Waals surface area contributed by atoms with Crippen molar-refractivity contribution in [3.8, 4) is 0 Å². The predicted molar refractivity (Wildman–Crippen MR) is 35.6 cm³/mol. The second-order valence-electron chi connectivity index (χ2n) is 1.88. The van der Waals surface area contributed by atoms with Gasteiger partial charge in [-0.15, -0.1) is 0 Å². The van der Waals surface area contributed by atoms with Crippen molar-refractivity contribution in [1.82, 2.24) is 0 Å². The van der Waals surface area contributed by atoms with Gasteiger partial charge in [0.15, 0.2) is 0 Å². The minimum atomic E-state index is 0.556. The van der Waals surface area contributed by atoms with Gasteiger partial charge in [0.1, 0.15) is 6.29 Å². The first-order valence-corrected chi connectivity index (χ1v) is 2.74. The van der Waals surface area contributed by atoms with Crippen LogP contribution in [-0.2, 0) is 4.79 Å². The third kappa shape index (κ3) is 1.35. The number of allylic oxidation sites excluding steroid dienone is 4. The molecular formula is C7H7NO. The summed E-state index contributed by atoms with van der Waals surface area (Å²) in [5, 5.41) is 7.11. The molecule has 0 amide bonds. The largest absolute Gasteiger partial charge is 0.305 e. The highest BCUT2D eigenvalue weighted by Crippen LogP contribution is 2.03. The average molecular weight is 121 g/mol. The molecular weight excluding hydrogens is 114 g/mol. The summed E-state index contributed by atoms with van der Waals surface area (Å²) in [5.41, 5.74) is 1.23. The van der Waals surface area contributed by atoms with Crippen LogP contribution in [0.2, 0.25) is 0 Å². The summed E-state index contributed by atoms with van der Waals surface area (Å²) in [5.74, 6) is 0. The summed E-state index contributed by atoms with van der Waals surface area (Å²) in [4.78, 5) is 10.1. The third-order valence-corrected chi connectivity index (χ3v) is 1.17. The molecule has 46 valence electrons. The highest BCUT2D eigenvalue weighted by atomic mass is 16.1. The van der Waals surface area contributed by atoms with E-state index >= 15 is 0 Å². The maximum Gasteiger partial charge on any atom is 0.149 e. The van der Waals surface area contributed by atoms with Crippen LogP contribution >= 0.6 is 0 Å². The molecule has 0 bridgehead atoms. The lowest BCUT2D eigenvalue weighted by Crippen LogP contribution is -1.95. The molecule has 0 spiro atoms. The standard InChI is InChI=1S/C7H7NO/c8-7-3-1-6(5-9)2-4-7/h1-3,5,8H,4H2. The van der Waals surface area contributed by atoms with Gasteiger partial charge in [-0.3, -0.25) is 4.79 Å². The lowest BCUT2D eigenvalue weighted by Gasteiger charge is -1.98. The first-order valence-electron chi connectivity index (χ1n) is 2.74. The summed E-state index contributed by atoms with van der Waals surface area (Å²) < 4.78 is 0. The van der Waals surface area contributed by atoms with Crippen molar-refractivity contribution in [1.29, 1.82) is 5.41 Å². The molecule has 0 radical (unpaired) electrons. The fraction of sp³-hybridized carbons (Fsp3) is 0.143. The monoisotopic (exact) mass is 121 g/mol. The zero-order valence-electron chi connectivity index (χ0n) is 4.92. The molecule has 0 heterocycles. The number of hydrogen-bond donors (Lipinski definition) is 1. The van der Waals surface area contributed by atoms with Gasteiger partial charge in [-0.25, -0.2) is 0 Å². The maximum absolute atomic E-state index is 10.1. The maximum atomic E-state index is 10.1. The van der Waals surface area contributed by atoms with E-state index in [1.165, 1.54) is 0 Å². The van der Waals surface area contributed by atoms with Crippen molar-refractivity contribution >= 4 is 12.0 Å². The Morgan fingerprint density at radius 2 is 2.33 bits per heavy atom. The second kappa shape index (κ2) is 2.40. The van der Waals surface area contributed by atoms with Gasteiger partial charge in [0.25, 0.3) is 0 Å². The summed E-state index contributed by atoms with van der Waals surface area (Å²) in [6.45, 7) is 0. The first-order chi connectivity index (χ1) is 4.33. The van der Waals surface area contributed by atoms with E-state index in [-0.39, 0.29) is 0 Å². The van der Waals surface area contributed by atoms with E-state index in [2.05, 4.69) is 0 Å². The Morgan fingerprint density at radius 3 is 2.78 bits per heavy atom. The Labute approximate surface area is 53.4 Å². The van der Waals surface area contributed by atoms with Crippen LogP contribution < -0.4 is 0 Å². The van der Waals surface area contributed by atoms with Crippen molar-refractivity contribution in [2.24, 2.45) is 0 Å². The SMILES string of the molecule is N=C1C=CC(C=O)=CC1. The topological polar surface area (TPSA) is 40.9 Å².